The lowest BCUT2D eigenvalue weighted by molar-refractivity contribution is -0.116. The number of Topliss-reactive ketones (excluding diaryl/α,β-unsaturated/α-hetero) is 1. The molecule has 7 rings (SSSR count). The molecule has 0 saturated carbocycles. The second-order valence-corrected chi connectivity index (χ2v) is 15.1. The Morgan fingerprint density at radius 2 is 1.61 bits per heavy atom. The molecule has 3 amide bonds. The third-order valence-electron chi connectivity index (χ3n) is 10.4. The molecule has 2 bridgehead atoms. The third-order valence-corrected chi connectivity index (χ3v) is 10.4. The number of aromatic nitrogens is 2. The lowest BCUT2D eigenvalue weighted by atomic mass is 9.85. The molecule has 0 radical (unpaired) electrons. The number of fused-ring (bicyclic) bond motifs is 3. The van der Waals surface area contributed by atoms with Crippen LogP contribution in [0.3, 0.4) is 0 Å². The minimum atomic E-state index is -0.317. The fourth-order valence-corrected chi connectivity index (χ4v) is 7.68. The molecule has 0 spiro atoms. The third kappa shape index (κ3) is 7.32. The second-order valence-electron chi connectivity index (χ2n) is 15.1. The van der Waals surface area contributed by atoms with Gasteiger partial charge in [0.25, 0.3) is 0 Å². The number of urea groups is 1. The van der Waals surface area contributed by atoms with Crippen molar-refractivity contribution in [3.63, 3.8) is 0 Å². The van der Waals surface area contributed by atoms with Gasteiger partial charge in [0.15, 0.2) is 5.78 Å². The summed E-state index contributed by atoms with van der Waals surface area (Å²) in [5.41, 5.74) is 7.38. The van der Waals surface area contributed by atoms with Crippen LogP contribution in [0.4, 0.5) is 22.0 Å². The van der Waals surface area contributed by atoms with Gasteiger partial charge in [0.1, 0.15) is 5.82 Å². The first-order chi connectivity index (χ1) is 23.5. The summed E-state index contributed by atoms with van der Waals surface area (Å²) in [5, 5.41) is 13.7. The zero-order chi connectivity index (χ0) is 34.3. The first kappa shape index (κ1) is 32.8. The highest BCUT2D eigenvalue weighted by molar-refractivity contribution is 6.00. The number of carbonyl (C=O) groups is 3. The molecule has 49 heavy (non-hydrogen) atoms. The van der Waals surface area contributed by atoms with E-state index in [1.807, 2.05) is 67.6 Å². The van der Waals surface area contributed by atoms with Crippen molar-refractivity contribution in [3.8, 4) is 5.69 Å². The maximum Gasteiger partial charge on any atom is 0.324 e. The van der Waals surface area contributed by atoms with Crippen LogP contribution in [0.1, 0.15) is 85.6 Å². The van der Waals surface area contributed by atoms with E-state index in [-0.39, 0.29) is 23.1 Å². The molecule has 9 nitrogen and oxygen atoms in total. The summed E-state index contributed by atoms with van der Waals surface area (Å²) in [4.78, 5) is 40.6. The molecule has 3 aliphatic heterocycles. The van der Waals surface area contributed by atoms with Gasteiger partial charge in [0.05, 0.1) is 17.9 Å². The van der Waals surface area contributed by atoms with Crippen molar-refractivity contribution in [1.82, 2.24) is 14.7 Å². The number of piperidine rings is 1. The van der Waals surface area contributed by atoms with E-state index >= 15 is 0 Å². The zero-order valence-electron chi connectivity index (χ0n) is 28.9. The topological polar surface area (TPSA) is 108 Å². The number of hydrogen-bond acceptors (Lipinski definition) is 5. The van der Waals surface area contributed by atoms with Gasteiger partial charge in [-0.05, 0) is 105 Å². The molecule has 9 heteroatoms. The molecule has 3 aromatic carbocycles. The molecule has 2 unspecified atom stereocenters. The minimum Gasteiger partial charge on any atom is -0.326 e. The van der Waals surface area contributed by atoms with E-state index in [1.54, 1.807) is 4.68 Å². The largest absolute Gasteiger partial charge is 0.326 e. The maximum atomic E-state index is 13.3. The summed E-state index contributed by atoms with van der Waals surface area (Å²) in [6, 6.07) is 24.4. The van der Waals surface area contributed by atoms with Crippen LogP contribution in [0.25, 0.3) is 5.69 Å². The Bertz CT molecular complexity index is 1860. The van der Waals surface area contributed by atoms with Gasteiger partial charge in [-0.1, -0.05) is 50.6 Å². The Balaban J connectivity index is 0.936. The lowest BCUT2D eigenvalue weighted by Gasteiger charge is -2.38. The van der Waals surface area contributed by atoms with Crippen LogP contribution >= 0.6 is 0 Å². The first-order valence-electron chi connectivity index (χ1n) is 17.5. The molecular formula is C40H46N6O3. The van der Waals surface area contributed by atoms with Crippen LogP contribution in [-0.4, -0.2) is 51.0 Å². The molecule has 0 aliphatic carbocycles. The van der Waals surface area contributed by atoms with E-state index in [4.69, 9.17) is 5.10 Å². The predicted octanol–water partition coefficient (Wildman–Crippen LogP) is 7.68. The van der Waals surface area contributed by atoms with E-state index in [1.165, 1.54) is 5.56 Å². The van der Waals surface area contributed by atoms with E-state index in [2.05, 4.69) is 53.8 Å². The molecule has 4 aromatic rings. The van der Waals surface area contributed by atoms with Gasteiger partial charge in [-0.15, -0.1) is 0 Å². The van der Waals surface area contributed by atoms with Crippen LogP contribution in [-0.2, 0) is 23.1 Å². The molecule has 3 N–H and O–H groups in total. The predicted molar refractivity (Wildman–Crippen MR) is 194 cm³/mol. The molecule has 254 valence electrons. The average molecular weight is 659 g/mol. The summed E-state index contributed by atoms with van der Waals surface area (Å²) in [7, 11) is 0. The molecule has 3 aliphatic rings. The Hall–Kier alpha value is -4.76. The summed E-state index contributed by atoms with van der Waals surface area (Å²) in [6.45, 7) is 8.83. The summed E-state index contributed by atoms with van der Waals surface area (Å²) in [6.07, 6.45) is 6.61. The smallest absolute Gasteiger partial charge is 0.324 e. The number of benzene rings is 3. The van der Waals surface area contributed by atoms with Crippen molar-refractivity contribution in [2.75, 3.05) is 22.5 Å². The molecule has 4 heterocycles. The highest BCUT2D eigenvalue weighted by Gasteiger charge is 2.41. The number of ketones is 1. The van der Waals surface area contributed by atoms with Crippen molar-refractivity contribution in [1.29, 1.82) is 0 Å². The van der Waals surface area contributed by atoms with Crippen LogP contribution in [0.5, 0.6) is 0 Å². The van der Waals surface area contributed by atoms with E-state index in [0.29, 0.717) is 43.2 Å². The SMILES string of the molecule is Cc1ccc(-n2nc(C(C)(C)C)cc2NC(=O)Nc2ccc(CC3CC4CCC(C3)N4CC(=O)c3ccc4c(c3)CCC(=O)N4)cc2)cc1. The van der Waals surface area contributed by atoms with Crippen LogP contribution < -0.4 is 16.0 Å². The van der Waals surface area contributed by atoms with Crippen molar-refractivity contribution < 1.29 is 14.4 Å². The second kappa shape index (κ2) is 13.3. The standard InChI is InChI=1S/C40H46N6O3/c1-25-5-13-31(14-6-25)46-37(23-36(44-46)40(2,3)4)43-39(49)41-30-11-7-26(8-12-30)19-27-20-32-15-16-33(21-27)45(32)24-35(47)29-9-17-34-28(22-29)10-18-38(48)42-34/h5-9,11-14,17,22-23,27,32-33H,10,15-16,18-21,24H2,1-4H3,(H,42,48)(H2,41,43,49). The fourth-order valence-electron chi connectivity index (χ4n) is 7.68. The van der Waals surface area contributed by atoms with Gasteiger partial charge in [-0.2, -0.15) is 5.10 Å². The minimum absolute atomic E-state index is 0.0373. The molecule has 1 aromatic heterocycles. The maximum absolute atomic E-state index is 13.3. The van der Waals surface area contributed by atoms with E-state index in [0.717, 1.165) is 71.6 Å². The van der Waals surface area contributed by atoms with Gasteiger partial charge in [-0.3, -0.25) is 19.8 Å². The quantitative estimate of drug-likeness (QED) is 0.168. The van der Waals surface area contributed by atoms with Crippen LogP contribution in [0.2, 0.25) is 0 Å². The normalized spacial score (nSPS) is 20.4. The van der Waals surface area contributed by atoms with Gasteiger partial charge in [-0.25, -0.2) is 9.48 Å². The van der Waals surface area contributed by atoms with Gasteiger partial charge >= 0.3 is 6.03 Å². The van der Waals surface area contributed by atoms with Crippen LogP contribution in [0.15, 0.2) is 72.8 Å². The van der Waals surface area contributed by atoms with Crippen molar-refractivity contribution in [2.45, 2.75) is 90.1 Å². The first-order valence-corrected chi connectivity index (χ1v) is 17.5. The number of carbonyl (C=O) groups excluding carboxylic acids is 3. The molecule has 2 saturated heterocycles. The molecular weight excluding hydrogens is 612 g/mol. The summed E-state index contributed by atoms with van der Waals surface area (Å²) < 4.78 is 1.78. The number of nitrogens with one attached hydrogen (secondary N) is 3. The average Bonchev–Trinajstić information content (AvgIpc) is 3.58. The van der Waals surface area contributed by atoms with Crippen molar-refractivity contribution in [2.24, 2.45) is 5.92 Å². The molecule has 2 fully saturated rings. The Morgan fingerprint density at radius 3 is 2.31 bits per heavy atom. The van der Waals surface area contributed by atoms with Gasteiger partial charge < -0.3 is 10.6 Å². The lowest BCUT2D eigenvalue weighted by Crippen LogP contribution is -2.45. The number of anilines is 3. The number of aryl methyl sites for hydroxylation is 2. The zero-order valence-corrected chi connectivity index (χ0v) is 28.9. The van der Waals surface area contributed by atoms with E-state index < -0.39 is 0 Å². The van der Waals surface area contributed by atoms with Crippen molar-refractivity contribution in [3.05, 3.63) is 101 Å². The van der Waals surface area contributed by atoms with Gasteiger partial charge in [0.2, 0.25) is 5.91 Å². The number of nitrogens with zero attached hydrogens (tertiary/aromatic N) is 3. The Morgan fingerprint density at radius 1 is 0.898 bits per heavy atom. The van der Waals surface area contributed by atoms with Crippen molar-refractivity contribution >= 4 is 34.9 Å². The highest BCUT2D eigenvalue weighted by atomic mass is 16.2. The highest BCUT2D eigenvalue weighted by Crippen LogP contribution is 2.40. The Kier molecular flexibility index (Phi) is 8.88. The Labute approximate surface area is 288 Å². The monoisotopic (exact) mass is 658 g/mol. The molecule has 2 atom stereocenters. The van der Waals surface area contributed by atoms with E-state index in [9.17, 15) is 14.4 Å². The number of hydrogen-bond donors (Lipinski definition) is 3. The van der Waals surface area contributed by atoms with Crippen LogP contribution in [0, 0.1) is 12.8 Å². The number of amides is 3. The number of rotatable bonds is 8. The summed E-state index contributed by atoms with van der Waals surface area (Å²) in [5.74, 6) is 1.38. The summed E-state index contributed by atoms with van der Waals surface area (Å²) >= 11 is 0. The fraction of sp³-hybridized carbons (Fsp3) is 0.400. The van der Waals surface area contributed by atoms with Gasteiger partial charge in [0, 0.05) is 46.9 Å².